The van der Waals surface area contributed by atoms with Crippen LogP contribution in [0.3, 0.4) is 0 Å². The molecule has 1 aromatic rings. The molecule has 112 valence electrons. The topological polar surface area (TPSA) is 68.1 Å². The second-order valence-corrected chi connectivity index (χ2v) is 5.62. The standard InChI is InChI=1S/C16H19NO4/c1-20-12-5-2-10(3-6-12)8-15-17-13-7-4-11(16(18)19)9-14(13)21-15/h2-3,5-6,11,13-14H,4,7-9H2,1H3,(H,18,19). The van der Waals surface area contributed by atoms with Gasteiger partial charge in [0.15, 0.2) is 5.90 Å². The van der Waals surface area contributed by atoms with E-state index in [0.29, 0.717) is 19.3 Å². The van der Waals surface area contributed by atoms with Crippen LogP contribution >= 0.6 is 0 Å². The average Bonchev–Trinajstić information content (AvgIpc) is 2.89. The van der Waals surface area contributed by atoms with Gasteiger partial charge in [-0.2, -0.15) is 0 Å². The van der Waals surface area contributed by atoms with Gasteiger partial charge in [0.05, 0.1) is 19.1 Å². The van der Waals surface area contributed by atoms with Gasteiger partial charge in [-0.05, 0) is 37.0 Å². The van der Waals surface area contributed by atoms with E-state index in [9.17, 15) is 4.79 Å². The van der Waals surface area contributed by atoms with Crippen molar-refractivity contribution in [3.63, 3.8) is 0 Å². The van der Waals surface area contributed by atoms with Crippen molar-refractivity contribution < 1.29 is 19.4 Å². The van der Waals surface area contributed by atoms with E-state index in [1.54, 1.807) is 7.11 Å². The number of benzene rings is 1. The van der Waals surface area contributed by atoms with E-state index in [4.69, 9.17) is 14.6 Å². The number of aliphatic carboxylic acids is 1. The second-order valence-electron chi connectivity index (χ2n) is 5.62. The summed E-state index contributed by atoms with van der Waals surface area (Å²) in [5.74, 6) is 0.537. The fourth-order valence-electron chi connectivity index (χ4n) is 3.01. The largest absolute Gasteiger partial charge is 0.497 e. The van der Waals surface area contributed by atoms with E-state index in [-0.39, 0.29) is 18.1 Å². The van der Waals surface area contributed by atoms with Gasteiger partial charge in [-0.1, -0.05) is 12.1 Å². The molecular weight excluding hydrogens is 270 g/mol. The van der Waals surface area contributed by atoms with Crippen LogP contribution in [0, 0.1) is 5.92 Å². The highest BCUT2D eigenvalue weighted by atomic mass is 16.5. The Morgan fingerprint density at radius 3 is 2.81 bits per heavy atom. The van der Waals surface area contributed by atoms with E-state index in [1.165, 1.54) is 0 Å². The Bertz CT molecular complexity index is 552. The molecule has 1 fully saturated rings. The lowest BCUT2D eigenvalue weighted by molar-refractivity contribution is -0.143. The van der Waals surface area contributed by atoms with Gasteiger partial charge in [0.2, 0.25) is 0 Å². The molecule has 3 unspecified atom stereocenters. The second kappa shape index (κ2) is 5.76. The lowest BCUT2D eigenvalue weighted by Gasteiger charge is -2.26. The zero-order valence-corrected chi connectivity index (χ0v) is 12.0. The first kappa shape index (κ1) is 13.9. The summed E-state index contributed by atoms with van der Waals surface area (Å²) in [5.41, 5.74) is 1.11. The predicted octanol–water partition coefficient (Wildman–Crippen LogP) is 2.29. The van der Waals surface area contributed by atoms with Crippen LogP contribution in [0.1, 0.15) is 24.8 Å². The van der Waals surface area contributed by atoms with E-state index in [0.717, 1.165) is 23.6 Å². The van der Waals surface area contributed by atoms with Gasteiger partial charge in [-0.15, -0.1) is 0 Å². The van der Waals surface area contributed by atoms with Gasteiger partial charge in [0.1, 0.15) is 11.9 Å². The van der Waals surface area contributed by atoms with Gasteiger partial charge in [-0.25, -0.2) is 4.99 Å². The van der Waals surface area contributed by atoms with Gasteiger partial charge in [-0.3, -0.25) is 4.79 Å². The van der Waals surface area contributed by atoms with Crippen molar-refractivity contribution in [2.75, 3.05) is 7.11 Å². The minimum absolute atomic E-state index is 0.0619. The Labute approximate surface area is 123 Å². The highest BCUT2D eigenvalue weighted by molar-refractivity contribution is 5.81. The molecule has 1 N–H and O–H groups in total. The number of aliphatic imine (C=N–C) groups is 1. The lowest BCUT2D eigenvalue weighted by atomic mass is 9.84. The van der Waals surface area contributed by atoms with Crippen molar-refractivity contribution in [2.45, 2.75) is 37.8 Å². The molecule has 1 aromatic carbocycles. The maximum atomic E-state index is 11.1. The molecule has 1 aliphatic heterocycles. The molecule has 5 nitrogen and oxygen atoms in total. The molecule has 1 saturated carbocycles. The third-order valence-electron chi connectivity index (χ3n) is 4.22. The number of methoxy groups -OCH3 is 1. The van der Waals surface area contributed by atoms with Gasteiger partial charge in [0, 0.05) is 6.42 Å². The zero-order valence-electron chi connectivity index (χ0n) is 12.0. The first-order chi connectivity index (χ1) is 10.2. The van der Waals surface area contributed by atoms with Crippen LogP contribution in [-0.2, 0) is 16.0 Å². The van der Waals surface area contributed by atoms with Crippen LogP contribution in [0.15, 0.2) is 29.3 Å². The van der Waals surface area contributed by atoms with Crippen LogP contribution < -0.4 is 4.74 Å². The summed E-state index contributed by atoms with van der Waals surface area (Å²) in [6.45, 7) is 0. The summed E-state index contributed by atoms with van der Waals surface area (Å²) in [4.78, 5) is 15.7. The Morgan fingerprint density at radius 2 is 2.14 bits per heavy atom. The minimum Gasteiger partial charge on any atom is -0.497 e. The van der Waals surface area contributed by atoms with Crippen molar-refractivity contribution in [3.8, 4) is 5.75 Å². The monoisotopic (exact) mass is 289 g/mol. The summed E-state index contributed by atoms with van der Waals surface area (Å²) in [5, 5.41) is 9.10. The minimum atomic E-state index is -0.722. The van der Waals surface area contributed by atoms with Gasteiger partial charge in [0.25, 0.3) is 0 Å². The molecule has 0 spiro atoms. The molecule has 0 amide bonds. The van der Waals surface area contributed by atoms with Crippen molar-refractivity contribution in [1.29, 1.82) is 0 Å². The maximum absolute atomic E-state index is 11.1. The van der Waals surface area contributed by atoms with Gasteiger partial charge >= 0.3 is 5.97 Å². The lowest BCUT2D eigenvalue weighted by Crippen LogP contribution is -2.34. The molecule has 2 aliphatic rings. The number of carboxylic acid groups (broad SMARTS) is 1. The summed E-state index contributed by atoms with van der Waals surface area (Å²) < 4.78 is 11.0. The van der Waals surface area contributed by atoms with Crippen LogP contribution in [0.25, 0.3) is 0 Å². The first-order valence-electron chi connectivity index (χ1n) is 7.25. The number of hydrogen-bond donors (Lipinski definition) is 1. The Morgan fingerprint density at radius 1 is 1.38 bits per heavy atom. The fourth-order valence-corrected chi connectivity index (χ4v) is 3.01. The molecule has 0 saturated heterocycles. The van der Waals surface area contributed by atoms with Crippen molar-refractivity contribution >= 4 is 11.9 Å². The maximum Gasteiger partial charge on any atom is 0.306 e. The quantitative estimate of drug-likeness (QED) is 0.923. The molecule has 0 aromatic heterocycles. The van der Waals surface area contributed by atoms with Crippen molar-refractivity contribution in [2.24, 2.45) is 10.9 Å². The van der Waals surface area contributed by atoms with E-state index in [2.05, 4.69) is 4.99 Å². The van der Waals surface area contributed by atoms with Crippen LogP contribution in [-0.4, -0.2) is 36.2 Å². The number of carbonyl (C=O) groups is 1. The summed E-state index contributed by atoms with van der Waals surface area (Å²) in [7, 11) is 1.64. The van der Waals surface area contributed by atoms with E-state index in [1.807, 2.05) is 24.3 Å². The highest BCUT2D eigenvalue weighted by Gasteiger charge is 2.39. The smallest absolute Gasteiger partial charge is 0.306 e. The average molecular weight is 289 g/mol. The van der Waals surface area contributed by atoms with E-state index >= 15 is 0 Å². The number of hydrogen-bond acceptors (Lipinski definition) is 4. The third kappa shape index (κ3) is 3.01. The zero-order chi connectivity index (χ0) is 14.8. The first-order valence-corrected chi connectivity index (χ1v) is 7.25. The third-order valence-corrected chi connectivity index (χ3v) is 4.22. The molecule has 3 atom stereocenters. The molecule has 1 heterocycles. The number of nitrogens with zero attached hydrogens (tertiary/aromatic N) is 1. The number of rotatable bonds is 4. The SMILES string of the molecule is COc1ccc(CC2=NC3CCC(C(=O)O)CC3O2)cc1. The number of ether oxygens (including phenoxy) is 2. The molecule has 1 aliphatic carbocycles. The fraction of sp³-hybridized carbons (Fsp3) is 0.500. The van der Waals surface area contributed by atoms with E-state index < -0.39 is 5.97 Å². The molecule has 0 radical (unpaired) electrons. The summed E-state index contributed by atoms with van der Waals surface area (Å²) in [6, 6.07) is 7.95. The van der Waals surface area contributed by atoms with Gasteiger partial charge < -0.3 is 14.6 Å². The Balaban J connectivity index is 1.62. The van der Waals surface area contributed by atoms with Crippen LogP contribution in [0.5, 0.6) is 5.75 Å². The predicted molar refractivity (Wildman–Crippen MR) is 77.8 cm³/mol. The molecular formula is C16H19NO4. The van der Waals surface area contributed by atoms with Crippen LogP contribution in [0.4, 0.5) is 0 Å². The van der Waals surface area contributed by atoms with Crippen LogP contribution in [0.2, 0.25) is 0 Å². The molecule has 3 rings (SSSR count). The Kier molecular flexibility index (Phi) is 3.82. The molecule has 0 bridgehead atoms. The summed E-state index contributed by atoms with van der Waals surface area (Å²) in [6.07, 6.45) is 2.64. The molecule has 5 heteroatoms. The Hall–Kier alpha value is -2.04. The summed E-state index contributed by atoms with van der Waals surface area (Å²) >= 11 is 0. The van der Waals surface area contributed by atoms with Crippen molar-refractivity contribution in [1.82, 2.24) is 0 Å². The van der Waals surface area contributed by atoms with Crippen molar-refractivity contribution in [3.05, 3.63) is 29.8 Å². The molecule has 21 heavy (non-hydrogen) atoms. The normalized spacial score (nSPS) is 27.5. The number of carboxylic acids is 1. The highest BCUT2D eigenvalue weighted by Crippen LogP contribution is 2.33. The number of fused-ring (bicyclic) bond motifs is 1.